The minimum absolute atomic E-state index is 0.656. The van der Waals surface area contributed by atoms with Gasteiger partial charge in [0.05, 0.1) is 0 Å². The van der Waals surface area contributed by atoms with E-state index in [9.17, 15) is 0 Å². The van der Waals surface area contributed by atoms with Crippen molar-refractivity contribution in [3.8, 4) is 0 Å². The van der Waals surface area contributed by atoms with Crippen LogP contribution in [0.5, 0.6) is 0 Å². The Kier molecular flexibility index (Phi) is 2.67. The molecule has 96 valence electrons. The van der Waals surface area contributed by atoms with Gasteiger partial charge in [-0.2, -0.15) is 0 Å². The highest BCUT2D eigenvalue weighted by molar-refractivity contribution is 5.40. The van der Waals surface area contributed by atoms with Crippen LogP contribution in [0.15, 0.2) is 30.3 Å². The molecule has 0 spiro atoms. The summed E-state index contributed by atoms with van der Waals surface area (Å²) in [7, 11) is 0. The zero-order valence-corrected chi connectivity index (χ0v) is 11.0. The van der Waals surface area contributed by atoms with Gasteiger partial charge in [-0.25, -0.2) is 4.98 Å². The molecule has 0 atom stereocenters. The van der Waals surface area contributed by atoms with Crippen molar-refractivity contribution in [2.24, 2.45) is 0 Å². The molecule has 0 radical (unpaired) electrons. The molecule has 0 aliphatic rings. The van der Waals surface area contributed by atoms with E-state index in [2.05, 4.69) is 15.2 Å². The number of benzene rings is 1. The third kappa shape index (κ3) is 2.14. The van der Waals surface area contributed by atoms with Crippen molar-refractivity contribution < 1.29 is 0 Å². The molecular weight excluding hydrogens is 238 g/mol. The number of nitrogens with zero attached hydrogens (tertiary/aromatic N) is 4. The van der Waals surface area contributed by atoms with E-state index in [4.69, 9.17) is 5.73 Å². The van der Waals surface area contributed by atoms with Gasteiger partial charge < -0.3 is 5.73 Å². The second kappa shape index (κ2) is 4.35. The first-order valence-corrected chi connectivity index (χ1v) is 6.16. The quantitative estimate of drug-likeness (QED) is 0.708. The number of hydrogen-bond acceptors (Lipinski definition) is 4. The van der Waals surface area contributed by atoms with Crippen LogP contribution in [0.2, 0.25) is 0 Å². The second-order valence-electron chi connectivity index (χ2n) is 4.71. The summed E-state index contributed by atoms with van der Waals surface area (Å²) in [6.45, 7) is 4.00. The smallest absolute Gasteiger partial charge is 0.255 e. The Hall–Kier alpha value is -2.43. The summed E-state index contributed by atoms with van der Waals surface area (Å²) in [6, 6.07) is 9.84. The highest BCUT2D eigenvalue weighted by Crippen LogP contribution is 2.13. The van der Waals surface area contributed by atoms with Crippen LogP contribution in [0.3, 0.4) is 0 Å². The molecule has 5 heteroatoms. The van der Waals surface area contributed by atoms with E-state index in [1.54, 1.807) is 0 Å². The molecule has 5 nitrogen and oxygen atoms in total. The normalized spacial score (nSPS) is 11.1. The van der Waals surface area contributed by atoms with Crippen molar-refractivity contribution in [2.45, 2.75) is 20.3 Å². The van der Waals surface area contributed by atoms with Crippen molar-refractivity contribution in [3.05, 3.63) is 53.1 Å². The summed E-state index contributed by atoms with van der Waals surface area (Å²) in [4.78, 5) is 4.38. The molecule has 1 aromatic carbocycles. The summed E-state index contributed by atoms with van der Waals surface area (Å²) < 4.78 is 1.99. The first-order chi connectivity index (χ1) is 9.13. The minimum Gasteiger partial charge on any atom is -0.399 e. The lowest BCUT2D eigenvalue weighted by Gasteiger charge is -2.04. The molecular formula is C14H15N5. The van der Waals surface area contributed by atoms with E-state index in [0.717, 1.165) is 28.5 Å². The standard InChI is InChI=1S/C14H15N5/c1-9-7-10(2)19-13(17-18-14(19)16-9)8-11-3-5-12(15)6-4-11/h3-7H,8,15H2,1-2H3. The van der Waals surface area contributed by atoms with Crippen LogP contribution in [0, 0.1) is 13.8 Å². The fraction of sp³-hybridized carbons (Fsp3) is 0.214. The number of rotatable bonds is 2. The fourth-order valence-corrected chi connectivity index (χ4v) is 2.23. The molecule has 19 heavy (non-hydrogen) atoms. The Morgan fingerprint density at radius 3 is 2.58 bits per heavy atom. The Balaban J connectivity index is 2.04. The number of aryl methyl sites for hydroxylation is 2. The molecule has 2 heterocycles. The van der Waals surface area contributed by atoms with Gasteiger partial charge in [-0.1, -0.05) is 12.1 Å². The largest absolute Gasteiger partial charge is 0.399 e. The van der Waals surface area contributed by atoms with Crippen molar-refractivity contribution in [1.29, 1.82) is 0 Å². The molecule has 3 rings (SSSR count). The number of nitrogens with two attached hydrogens (primary N) is 1. The van der Waals surface area contributed by atoms with E-state index in [1.807, 2.05) is 48.6 Å². The predicted octanol–water partition coefficient (Wildman–Crippen LogP) is 1.91. The van der Waals surface area contributed by atoms with Gasteiger partial charge >= 0.3 is 0 Å². The average molecular weight is 253 g/mol. The zero-order chi connectivity index (χ0) is 13.4. The number of aromatic nitrogens is 4. The van der Waals surface area contributed by atoms with E-state index >= 15 is 0 Å². The maximum Gasteiger partial charge on any atom is 0.255 e. The Morgan fingerprint density at radius 1 is 1.11 bits per heavy atom. The minimum atomic E-state index is 0.656. The monoisotopic (exact) mass is 253 g/mol. The molecule has 3 aromatic rings. The third-order valence-corrected chi connectivity index (χ3v) is 3.10. The highest BCUT2D eigenvalue weighted by atomic mass is 15.3. The first kappa shape index (κ1) is 11.6. The predicted molar refractivity (Wildman–Crippen MR) is 73.9 cm³/mol. The number of hydrogen-bond donors (Lipinski definition) is 1. The van der Waals surface area contributed by atoms with Crippen LogP contribution in [0.1, 0.15) is 22.8 Å². The molecule has 2 aromatic heterocycles. The highest BCUT2D eigenvalue weighted by Gasteiger charge is 2.10. The lowest BCUT2D eigenvalue weighted by atomic mass is 10.1. The Bertz CT molecular complexity index is 727. The first-order valence-electron chi connectivity index (χ1n) is 6.16. The molecule has 0 fully saturated rings. The lowest BCUT2D eigenvalue weighted by molar-refractivity contribution is 0.906. The van der Waals surface area contributed by atoms with E-state index in [1.165, 1.54) is 0 Å². The molecule has 0 aliphatic heterocycles. The number of nitrogen functional groups attached to an aromatic ring is 1. The molecule has 0 saturated heterocycles. The topological polar surface area (TPSA) is 69.1 Å². The summed E-state index contributed by atoms with van der Waals surface area (Å²) in [6.07, 6.45) is 0.715. The van der Waals surface area contributed by atoms with Gasteiger partial charge in [0.25, 0.3) is 5.78 Å². The van der Waals surface area contributed by atoms with Gasteiger partial charge in [-0.15, -0.1) is 10.2 Å². The molecule has 2 N–H and O–H groups in total. The fourth-order valence-electron chi connectivity index (χ4n) is 2.23. The van der Waals surface area contributed by atoms with Crippen LogP contribution in [0.4, 0.5) is 5.69 Å². The second-order valence-corrected chi connectivity index (χ2v) is 4.71. The van der Waals surface area contributed by atoms with Gasteiger partial charge in [0.1, 0.15) is 5.82 Å². The van der Waals surface area contributed by atoms with Crippen molar-refractivity contribution in [1.82, 2.24) is 19.6 Å². The summed E-state index contributed by atoms with van der Waals surface area (Å²) in [5.41, 5.74) is 9.66. The van der Waals surface area contributed by atoms with Crippen molar-refractivity contribution in [3.63, 3.8) is 0 Å². The Morgan fingerprint density at radius 2 is 1.84 bits per heavy atom. The Labute approximate surface area is 111 Å². The molecule has 0 amide bonds. The zero-order valence-electron chi connectivity index (χ0n) is 11.0. The molecule has 0 unspecified atom stereocenters. The number of anilines is 1. The van der Waals surface area contributed by atoms with Gasteiger partial charge in [0.2, 0.25) is 0 Å². The van der Waals surface area contributed by atoms with Crippen LogP contribution in [-0.4, -0.2) is 19.6 Å². The van der Waals surface area contributed by atoms with Crippen LogP contribution < -0.4 is 5.73 Å². The van der Waals surface area contributed by atoms with Gasteiger partial charge in [-0.05, 0) is 37.6 Å². The van der Waals surface area contributed by atoms with E-state index < -0.39 is 0 Å². The van der Waals surface area contributed by atoms with Crippen molar-refractivity contribution >= 4 is 11.5 Å². The molecule has 0 saturated carbocycles. The van der Waals surface area contributed by atoms with Crippen LogP contribution >= 0.6 is 0 Å². The molecule has 0 bridgehead atoms. The van der Waals surface area contributed by atoms with E-state index in [0.29, 0.717) is 12.2 Å². The van der Waals surface area contributed by atoms with Crippen LogP contribution in [0.25, 0.3) is 5.78 Å². The lowest BCUT2D eigenvalue weighted by Crippen LogP contribution is -2.02. The number of fused-ring (bicyclic) bond motifs is 1. The summed E-state index contributed by atoms with van der Waals surface area (Å²) in [5, 5.41) is 8.37. The maximum atomic E-state index is 5.69. The van der Waals surface area contributed by atoms with Gasteiger partial charge in [0, 0.05) is 23.5 Å². The van der Waals surface area contributed by atoms with E-state index in [-0.39, 0.29) is 0 Å². The SMILES string of the molecule is Cc1cc(C)n2c(Cc3ccc(N)cc3)nnc2n1. The summed E-state index contributed by atoms with van der Waals surface area (Å²) in [5.74, 6) is 1.55. The van der Waals surface area contributed by atoms with Gasteiger partial charge in [-0.3, -0.25) is 4.40 Å². The van der Waals surface area contributed by atoms with Gasteiger partial charge in [0.15, 0.2) is 0 Å². The average Bonchev–Trinajstić information content (AvgIpc) is 2.75. The maximum absolute atomic E-state index is 5.69. The van der Waals surface area contributed by atoms with Crippen molar-refractivity contribution in [2.75, 3.05) is 5.73 Å². The summed E-state index contributed by atoms with van der Waals surface area (Å²) >= 11 is 0. The van der Waals surface area contributed by atoms with Crippen LogP contribution in [-0.2, 0) is 6.42 Å². The molecule has 0 aliphatic carbocycles. The third-order valence-electron chi connectivity index (χ3n) is 3.10.